The monoisotopic (exact) mass is 270 g/mol. The minimum Gasteiger partial charge on any atom is -0.456 e. The topological polar surface area (TPSA) is 13.1 Å². The maximum Gasteiger partial charge on any atom is 0.137 e. The van der Waals surface area contributed by atoms with Crippen LogP contribution in [-0.2, 0) is 0 Å². The van der Waals surface area contributed by atoms with Gasteiger partial charge in [-0.1, -0.05) is 40.9 Å². The summed E-state index contributed by atoms with van der Waals surface area (Å²) in [4.78, 5) is 0. The Bertz CT molecular complexity index is 700. The van der Waals surface area contributed by atoms with Crippen molar-refractivity contribution in [2.45, 2.75) is 0 Å². The summed E-state index contributed by atoms with van der Waals surface area (Å²) in [6.45, 7) is 0. The van der Waals surface area contributed by atoms with Crippen LogP contribution in [0.15, 0.2) is 34.7 Å². The van der Waals surface area contributed by atoms with Gasteiger partial charge in [0.05, 0.1) is 15.1 Å². The Labute approximate surface area is 106 Å². The van der Waals surface area contributed by atoms with Gasteiger partial charge in [0, 0.05) is 10.8 Å². The van der Waals surface area contributed by atoms with Crippen LogP contribution in [0, 0.1) is 0 Å². The molecule has 0 aliphatic carbocycles. The fraction of sp³-hybridized carbons (Fsp3) is 0. The van der Waals surface area contributed by atoms with Gasteiger partial charge in [0.1, 0.15) is 11.2 Å². The summed E-state index contributed by atoms with van der Waals surface area (Å²) in [7, 11) is 0. The van der Waals surface area contributed by atoms with Crippen molar-refractivity contribution in [2.24, 2.45) is 0 Å². The van der Waals surface area contributed by atoms with Crippen LogP contribution in [0.2, 0.25) is 15.1 Å². The SMILES string of the molecule is Clc1ccc2oc3cccc(Cl)c3c2c1Cl. The molecule has 0 N–H and O–H groups in total. The first-order valence-electron chi connectivity index (χ1n) is 4.63. The lowest BCUT2D eigenvalue weighted by molar-refractivity contribution is 0.669. The van der Waals surface area contributed by atoms with E-state index in [0.29, 0.717) is 26.2 Å². The summed E-state index contributed by atoms with van der Waals surface area (Å²) >= 11 is 18.3. The lowest BCUT2D eigenvalue weighted by Gasteiger charge is -1.97. The number of rotatable bonds is 0. The molecule has 1 aromatic heterocycles. The molecule has 4 heteroatoms. The molecule has 0 atom stereocenters. The van der Waals surface area contributed by atoms with Crippen molar-refractivity contribution in [2.75, 3.05) is 0 Å². The number of fused-ring (bicyclic) bond motifs is 3. The Balaban J connectivity index is 2.66. The molecule has 0 radical (unpaired) electrons. The number of furan rings is 1. The first kappa shape index (κ1) is 10.3. The zero-order valence-electron chi connectivity index (χ0n) is 7.93. The fourth-order valence-corrected chi connectivity index (χ4v) is 2.47. The second-order valence-corrected chi connectivity index (χ2v) is 4.64. The van der Waals surface area contributed by atoms with Crippen molar-refractivity contribution >= 4 is 56.7 Å². The van der Waals surface area contributed by atoms with E-state index in [0.717, 1.165) is 10.8 Å². The molecule has 1 heterocycles. The van der Waals surface area contributed by atoms with Gasteiger partial charge in [-0.05, 0) is 24.3 Å². The normalized spacial score (nSPS) is 11.4. The van der Waals surface area contributed by atoms with E-state index in [2.05, 4.69) is 0 Å². The van der Waals surface area contributed by atoms with Crippen molar-refractivity contribution in [3.63, 3.8) is 0 Å². The van der Waals surface area contributed by atoms with E-state index in [9.17, 15) is 0 Å². The summed E-state index contributed by atoms with van der Waals surface area (Å²) in [5, 5.41) is 3.17. The third-order valence-corrected chi connectivity index (χ3v) is 3.62. The van der Waals surface area contributed by atoms with Crippen LogP contribution in [0.1, 0.15) is 0 Å². The maximum atomic E-state index is 6.17. The summed E-state index contributed by atoms with van der Waals surface area (Å²) in [5.74, 6) is 0. The third-order valence-electron chi connectivity index (χ3n) is 2.50. The molecule has 0 unspecified atom stereocenters. The number of hydrogen-bond donors (Lipinski definition) is 0. The van der Waals surface area contributed by atoms with Gasteiger partial charge in [-0.25, -0.2) is 0 Å². The smallest absolute Gasteiger partial charge is 0.137 e. The second-order valence-electron chi connectivity index (χ2n) is 3.45. The quantitative estimate of drug-likeness (QED) is 0.523. The molecule has 0 fully saturated rings. The average molecular weight is 272 g/mol. The van der Waals surface area contributed by atoms with Crippen molar-refractivity contribution in [1.82, 2.24) is 0 Å². The third kappa shape index (κ3) is 1.32. The Morgan fingerprint density at radius 2 is 1.50 bits per heavy atom. The minimum absolute atomic E-state index is 0.478. The van der Waals surface area contributed by atoms with Crippen molar-refractivity contribution in [3.05, 3.63) is 45.4 Å². The molecule has 0 saturated heterocycles. The fourth-order valence-electron chi connectivity index (χ4n) is 1.80. The van der Waals surface area contributed by atoms with Crippen LogP contribution in [0.4, 0.5) is 0 Å². The molecule has 0 amide bonds. The highest BCUT2D eigenvalue weighted by Crippen LogP contribution is 2.40. The Hall–Kier alpha value is -0.890. The van der Waals surface area contributed by atoms with Crippen LogP contribution in [-0.4, -0.2) is 0 Å². The van der Waals surface area contributed by atoms with Gasteiger partial charge >= 0.3 is 0 Å². The maximum absolute atomic E-state index is 6.17. The van der Waals surface area contributed by atoms with Crippen LogP contribution < -0.4 is 0 Å². The summed E-state index contributed by atoms with van der Waals surface area (Å²) < 4.78 is 5.64. The van der Waals surface area contributed by atoms with Crippen molar-refractivity contribution in [3.8, 4) is 0 Å². The van der Waals surface area contributed by atoms with E-state index < -0.39 is 0 Å². The van der Waals surface area contributed by atoms with Crippen LogP contribution in [0.5, 0.6) is 0 Å². The number of halogens is 3. The van der Waals surface area contributed by atoms with Crippen LogP contribution >= 0.6 is 34.8 Å². The molecule has 80 valence electrons. The van der Waals surface area contributed by atoms with Crippen molar-refractivity contribution < 1.29 is 4.42 Å². The first-order valence-corrected chi connectivity index (χ1v) is 5.76. The molecule has 3 rings (SSSR count). The lowest BCUT2D eigenvalue weighted by Crippen LogP contribution is -1.72. The average Bonchev–Trinajstić information content (AvgIpc) is 2.64. The van der Waals surface area contributed by atoms with E-state index in [1.807, 2.05) is 12.1 Å². The van der Waals surface area contributed by atoms with Crippen molar-refractivity contribution in [1.29, 1.82) is 0 Å². The van der Waals surface area contributed by atoms with Gasteiger partial charge in [0.15, 0.2) is 0 Å². The Morgan fingerprint density at radius 1 is 0.750 bits per heavy atom. The summed E-state index contributed by atoms with van der Waals surface area (Å²) in [6.07, 6.45) is 0. The predicted octanol–water partition coefficient (Wildman–Crippen LogP) is 5.55. The molecule has 0 saturated carbocycles. The highest BCUT2D eigenvalue weighted by molar-refractivity contribution is 6.48. The summed E-state index contributed by atoms with van der Waals surface area (Å²) in [5.41, 5.74) is 1.41. The van der Waals surface area contributed by atoms with Gasteiger partial charge in [-0.3, -0.25) is 0 Å². The molecule has 0 aliphatic rings. The van der Waals surface area contributed by atoms with E-state index in [1.54, 1.807) is 18.2 Å². The van der Waals surface area contributed by atoms with E-state index in [4.69, 9.17) is 39.2 Å². The molecule has 2 aromatic carbocycles. The number of benzene rings is 2. The van der Waals surface area contributed by atoms with Gasteiger partial charge < -0.3 is 4.42 Å². The molecular weight excluding hydrogens is 266 g/mol. The zero-order chi connectivity index (χ0) is 11.3. The standard InChI is InChI=1S/C12H5Cl3O/c13-6-2-1-3-8-10(6)11-9(16-8)5-4-7(14)12(11)15/h1-5H. The Morgan fingerprint density at radius 3 is 2.31 bits per heavy atom. The molecule has 0 aliphatic heterocycles. The van der Waals surface area contributed by atoms with Crippen LogP contribution in [0.3, 0.4) is 0 Å². The second kappa shape index (κ2) is 3.56. The predicted molar refractivity (Wildman–Crippen MR) is 68.8 cm³/mol. The highest BCUT2D eigenvalue weighted by atomic mass is 35.5. The molecule has 16 heavy (non-hydrogen) atoms. The molecule has 1 nitrogen and oxygen atoms in total. The first-order chi connectivity index (χ1) is 7.68. The van der Waals surface area contributed by atoms with Gasteiger partial charge in [0.2, 0.25) is 0 Å². The van der Waals surface area contributed by atoms with Gasteiger partial charge in [-0.2, -0.15) is 0 Å². The highest BCUT2D eigenvalue weighted by Gasteiger charge is 2.14. The molecule has 3 aromatic rings. The van der Waals surface area contributed by atoms with E-state index in [1.165, 1.54) is 0 Å². The largest absolute Gasteiger partial charge is 0.456 e. The number of hydrogen-bond acceptors (Lipinski definition) is 1. The Kier molecular flexibility index (Phi) is 2.28. The zero-order valence-corrected chi connectivity index (χ0v) is 10.2. The lowest BCUT2D eigenvalue weighted by atomic mass is 10.1. The molecule has 0 bridgehead atoms. The molecular formula is C12H5Cl3O. The van der Waals surface area contributed by atoms with Gasteiger partial charge in [-0.15, -0.1) is 0 Å². The van der Waals surface area contributed by atoms with E-state index in [-0.39, 0.29) is 0 Å². The summed E-state index contributed by atoms with van der Waals surface area (Å²) in [6, 6.07) is 8.99. The van der Waals surface area contributed by atoms with Gasteiger partial charge in [0.25, 0.3) is 0 Å². The minimum atomic E-state index is 0.478. The van der Waals surface area contributed by atoms with E-state index >= 15 is 0 Å². The molecule has 0 spiro atoms. The van der Waals surface area contributed by atoms with Crippen LogP contribution in [0.25, 0.3) is 21.9 Å².